The summed E-state index contributed by atoms with van der Waals surface area (Å²) in [7, 11) is 0. The van der Waals surface area contributed by atoms with Gasteiger partial charge < -0.3 is 4.74 Å². The van der Waals surface area contributed by atoms with Crippen LogP contribution in [-0.2, 0) is 6.61 Å². The third-order valence-electron chi connectivity index (χ3n) is 3.24. The summed E-state index contributed by atoms with van der Waals surface area (Å²) in [5.74, 6) is 1.75. The Hall–Kier alpha value is -2.29. The molecule has 0 aliphatic rings. The van der Waals surface area contributed by atoms with Gasteiger partial charge in [-0.05, 0) is 41.3 Å². The maximum Gasteiger partial charge on any atom is 0.270 e. The Morgan fingerprint density at radius 1 is 1.05 bits per heavy atom. The molecule has 2 rings (SSSR count). The van der Waals surface area contributed by atoms with Crippen molar-refractivity contribution in [3.63, 3.8) is 0 Å². The lowest BCUT2D eigenvalue weighted by Crippen LogP contribution is -2.46. The summed E-state index contributed by atoms with van der Waals surface area (Å²) in [4.78, 5) is 0. The van der Waals surface area contributed by atoms with Gasteiger partial charge in [-0.15, -0.1) is 0 Å². The lowest BCUT2D eigenvalue weighted by atomic mass is 10.0. The average molecular weight is 269 g/mol. The quantitative estimate of drug-likeness (QED) is 0.643. The summed E-state index contributed by atoms with van der Waals surface area (Å²) in [6.07, 6.45) is 0. The Morgan fingerprint density at radius 3 is 2.15 bits per heavy atom. The van der Waals surface area contributed by atoms with Crippen LogP contribution in [0.1, 0.15) is 36.5 Å². The number of benzene rings is 2. The van der Waals surface area contributed by atoms with Gasteiger partial charge in [-0.2, -0.15) is 0 Å². The number of nitrogens with two attached hydrogens (primary N) is 2. The molecule has 0 aromatic heterocycles. The maximum atomic E-state index is 5.76. The normalized spacial score (nSPS) is 10.6. The predicted octanol–water partition coefficient (Wildman–Crippen LogP) is 1.85. The van der Waals surface area contributed by atoms with Crippen LogP contribution in [0, 0.1) is 0 Å². The van der Waals surface area contributed by atoms with E-state index in [2.05, 4.69) is 26.0 Å². The van der Waals surface area contributed by atoms with Crippen molar-refractivity contribution >= 4 is 5.84 Å². The van der Waals surface area contributed by atoms with E-state index in [0.29, 0.717) is 18.4 Å². The third kappa shape index (κ3) is 3.60. The van der Waals surface area contributed by atoms with Crippen molar-refractivity contribution < 1.29 is 10.1 Å². The highest BCUT2D eigenvalue weighted by Gasteiger charge is 2.02. The van der Waals surface area contributed by atoms with Crippen LogP contribution >= 0.6 is 0 Å². The van der Waals surface area contributed by atoms with E-state index in [4.69, 9.17) is 15.9 Å². The van der Waals surface area contributed by atoms with Gasteiger partial charge in [-0.3, -0.25) is 11.1 Å². The summed E-state index contributed by atoms with van der Waals surface area (Å²) in [5, 5.41) is 5.53. The van der Waals surface area contributed by atoms with E-state index in [9.17, 15) is 0 Å². The van der Waals surface area contributed by atoms with E-state index in [1.807, 2.05) is 36.4 Å². The minimum absolute atomic E-state index is 0.335. The molecular weight excluding hydrogens is 248 g/mol. The second-order valence-electron chi connectivity index (χ2n) is 5.16. The molecule has 2 aromatic rings. The summed E-state index contributed by atoms with van der Waals surface area (Å²) in [6.45, 7) is 4.89. The highest BCUT2D eigenvalue weighted by atomic mass is 16.5. The molecule has 0 saturated heterocycles. The molecule has 0 fully saturated rings. The molecule has 2 aromatic carbocycles. The molecule has 3 heteroatoms. The van der Waals surface area contributed by atoms with Crippen molar-refractivity contribution in [1.29, 1.82) is 0 Å². The number of amidine groups is 1. The molecule has 0 spiro atoms. The van der Waals surface area contributed by atoms with Crippen LogP contribution in [0.15, 0.2) is 48.5 Å². The Bertz CT molecular complexity index is 571. The van der Waals surface area contributed by atoms with E-state index in [-0.39, 0.29) is 0 Å². The molecule has 0 atom stereocenters. The molecule has 104 valence electrons. The number of ether oxygens (including phenoxy) is 1. The lowest BCUT2D eigenvalue weighted by Gasteiger charge is -2.09. The fourth-order valence-electron chi connectivity index (χ4n) is 1.91. The van der Waals surface area contributed by atoms with Gasteiger partial charge in [-0.25, -0.2) is 0 Å². The van der Waals surface area contributed by atoms with Crippen LogP contribution in [-0.4, -0.2) is 5.84 Å². The topological polar surface area (TPSA) is 60.8 Å². The maximum absolute atomic E-state index is 5.76. The van der Waals surface area contributed by atoms with E-state index in [1.165, 1.54) is 5.56 Å². The lowest BCUT2D eigenvalue weighted by molar-refractivity contribution is -0.114. The van der Waals surface area contributed by atoms with Gasteiger partial charge in [0.2, 0.25) is 0 Å². The van der Waals surface area contributed by atoms with Crippen molar-refractivity contribution in [2.24, 2.45) is 5.73 Å². The molecular formula is C17H21N2O+. The second kappa shape index (κ2) is 6.24. The van der Waals surface area contributed by atoms with E-state index in [1.54, 1.807) is 0 Å². The summed E-state index contributed by atoms with van der Waals surface area (Å²) >= 11 is 0. The van der Waals surface area contributed by atoms with Crippen LogP contribution < -0.4 is 15.9 Å². The fourth-order valence-corrected chi connectivity index (χ4v) is 1.91. The molecule has 0 radical (unpaired) electrons. The van der Waals surface area contributed by atoms with E-state index in [0.717, 1.165) is 16.9 Å². The molecule has 0 aliphatic heterocycles. The molecule has 4 N–H and O–H groups in total. The Kier molecular flexibility index (Phi) is 4.41. The first kappa shape index (κ1) is 14.1. The summed E-state index contributed by atoms with van der Waals surface area (Å²) in [6, 6.07) is 16.0. The van der Waals surface area contributed by atoms with Gasteiger partial charge in [0.25, 0.3) is 5.84 Å². The molecule has 0 heterocycles. The Balaban J connectivity index is 1.96. The summed E-state index contributed by atoms with van der Waals surface area (Å²) in [5.41, 5.74) is 8.77. The predicted molar refractivity (Wildman–Crippen MR) is 81.5 cm³/mol. The van der Waals surface area contributed by atoms with Gasteiger partial charge >= 0.3 is 0 Å². The van der Waals surface area contributed by atoms with E-state index >= 15 is 0 Å². The molecule has 0 unspecified atom stereocenters. The minimum atomic E-state index is 0.335. The molecule has 0 amide bonds. The van der Waals surface area contributed by atoms with Crippen molar-refractivity contribution in [3.05, 3.63) is 65.2 Å². The SMILES string of the molecule is CC(C)c1ccc(OCc2ccc(C(N)=[NH2+])cc2)cc1. The van der Waals surface area contributed by atoms with Gasteiger partial charge in [0.05, 0.1) is 5.56 Å². The Morgan fingerprint density at radius 2 is 1.65 bits per heavy atom. The van der Waals surface area contributed by atoms with Crippen LogP contribution in [0.2, 0.25) is 0 Å². The fraction of sp³-hybridized carbons (Fsp3) is 0.235. The molecule has 3 nitrogen and oxygen atoms in total. The standard InChI is InChI=1S/C17H20N2O/c1-12(2)14-7-9-16(10-8-14)20-11-13-3-5-15(6-4-13)17(18)19/h3-10,12H,11H2,1-2H3,(H3,18,19)/p+1. The number of rotatable bonds is 5. The van der Waals surface area contributed by atoms with Crippen LogP contribution in [0.3, 0.4) is 0 Å². The highest BCUT2D eigenvalue weighted by Crippen LogP contribution is 2.19. The van der Waals surface area contributed by atoms with Crippen LogP contribution in [0.4, 0.5) is 0 Å². The molecule has 0 aliphatic carbocycles. The number of hydrogen-bond acceptors (Lipinski definition) is 1. The van der Waals surface area contributed by atoms with Crippen LogP contribution in [0.5, 0.6) is 5.75 Å². The summed E-state index contributed by atoms with van der Waals surface area (Å²) < 4.78 is 5.76. The number of hydrogen-bond donors (Lipinski definition) is 2. The van der Waals surface area contributed by atoms with Crippen molar-refractivity contribution in [2.75, 3.05) is 0 Å². The molecule has 20 heavy (non-hydrogen) atoms. The van der Waals surface area contributed by atoms with Gasteiger partial charge in [0.15, 0.2) is 0 Å². The zero-order valence-electron chi connectivity index (χ0n) is 12.0. The average Bonchev–Trinajstić information content (AvgIpc) is 2.46. The first-order valence-corrected chi connectivity index (χ1v) is 6.76. The molecule has 0 bridgehead atoms. The van der Waals surface area contributed by atoms with Gasteiger partial charge in [0, 0.05) is 0 Å². The third-order valence-corrected chi connectivity index (χ3v) is 3.24. The van der Waals surface area contributed by atoms with Crippen LogP contribution in [0.25, 0.3) is 0 Å². The molecule has 0 saturated carbocycles. The minimum Gasteiger partial charge on any atom is -0.489 e. The van der Waals surface area contributed by atoms with Crippen molar-refractivity contribution in [1.82, 2.24) is 0 Å². The van der Waals surface area contributed by atoms with E-state index < -0.39 is 0 Å². The first-order valence-electron chi connectivity index (χ1n) is 6.76. The van der Waals surface area contributed by atoms with Gasteiger partial charge in [0.1, 0.15) is 12.4 Å². The smallest absolute Gasteiger partial charge is 0.270 e. The first-order chi connectivity index (χ1) is 9.56. The van der Waals surface area contributed by atoms with Crippen molar-refractivity contribution in [2.45, 2.75) is 26.4 Å². The zero-order chi connectivity index (χ0) is 14.5. The van der Waals surface area contributed by atoms with Gasteiger partial charge in [-0.1, -0.05) is 38.1 Å². The second-order valence-corrected chi connectivity index (χ2v) is 5.16. The van der Waals surface area contributed by atoms with Crippen molar-refractivity contribution in [3.8, 4) is 5.75 Å². The zero-order valence-corrected chi connectivity index (χ0v) is 12.0. The monoisotopic (exact) mass is 269 g/mol. The highest BCUT2D eigenvalue weighted by molar-refractivity contribution is 5.92. The largest absolute Gasteiger partial charge is 0.489 e. The Labute approximate surface area is 119 Å².